The number of hydrogen-bond donors (Lipinski definition) is 1. The van der Waals surface area contributed by atoms with Crippen molar-refractivity contribution in [3.63, 3.8) is 0 Å². The first-order chi connectivity index (χ1) is 13.8. The van der Waals surface area contributed by atoms with Gasteiger partial charge in [0, 0.05) is 26.2 Å². The Morgan fingerprint density at radius 2 is 1.97 bits per heavy atom. The van der Waals surface area contributed by atoms with Crippen LogP contribution in [0.25, 0.3) is 0 Å². The Balaban J connectivity index is 2.08. The Bertz CT molecular complexity index is 750. The van der Waals surface area contributed by atoms with Gasteiger partial charge in [-0.2, -0.15) is 12.7 Å². The fourth-order valence-electron chi connectivity index (χ4n) is 3.49. The first kappa shape index (κ1) is 23.5. The molecule has 7 nitrogen and oxygen atoms in total. The predicted molar refractivity (Wildman–Crippen MR) is 116 cm³/mol. The Morgan fingerprint density at radius 1 is 1.28 bits per heavy atom. The van der Waals surface area contributed by atoms with Gasteiger partial charge >= 0.3 is 10.2 Å². The molecule has 1 N–H and O–H groups in total. The number of amides is 1. The maximum absolute atomic E-state index is 13.3. The number of nitrogens with zero attached hydrogens (tertiary/aromatic N) is 2. The first-order valence-electron chi connectivity index (χ1n) is 10.6. The molecule has 1 aromatic rings. The topological polar surface area (TPSA) is 79.0 Å². The van der Waals surface area contributed by atoms with Gasteiger partial charge in [-0.1, -0.05) is 13.8 Å². The van der Waals surface area contributed by atoms with Crippen LogP contribution in [0.3, 0.4) is 0 Å². The van der Waals surface area contributed by atoms with E-state index in [2.05, 4.69) is 19.2 Å². The number of anilines is 1. The van der Waals surface area contributed by atoms with Gasteiger partial charge < -0.3 is 10.1 Å². The number of rotatable bonds is 10. The molecule has 8 heteroatoms. The van der Waals surface area contributed by atoms with E-state index < -0.39 is 10.2 Å². The van der Waals surface area contributed by atoms with E-state index in [-0.39, 0.29) is 18.4 Å². The standard InChI is InChI=1S/C21H35N3O4S/c1-5-24(19-9-11-20(12-10-19)28-6-2)29(26,27)23-15-7-8-18(16-23)21(25)22-14-13-17(3)4/h9-12,17-18H,5-8,13-16H2,1-4H3,(H,22,25)/t18-/m0/s1. The summed E-state index contributed by atoms with van der Waals surface area (Å²) < 4.78 is 34.9. The van der Waals surface area contributed by atoms with Crippen molar-refractivity contribution in [1.82, 2.24) is 9.62 Å². The third-order valence-corrected chi connectivity index (χ3v) is 7.11. The highest BCUT2D eigenvalue weighted by molar-refractivity contribution is 7.90. The summed E-state index contributed by atoms with van der Waals surface area (Å²) in [7, 11) is -3.71. The highest BCUT2D eigenvalue weighted by Gasteiger charge is 2.35. The van der Waals surface area contributed by atoms with E-state index in [1.165, 1.54) is 8.61 Å². The number of carbonyl (C=O) groups excluding carboxylic acids is 1. The van der Waals surface area contributed by atoms with Crippen LogP contribution in [0.15, 0.2) is 24.3 Å². The van der Waals surface area contributed by atoms with Crippen molar-refractivity contribution in [2.75, 3.05) is 37.1 Å². The molecule has 2 rings (SSSR count). The highest BCUT2D eigenvalue weighted by Crippen LogP contribution is 2.27. The van der Waals surface area contributed by atoms with E-state index in [0.29, 0.717) is 56.4 Å². The Hall–Kier alpha value is -1.80. The number of hydrogen-bond acceptors (Lipinski definition) is 4. The van der Waals surface area contributed by atoms with Crippen LogP contribution in [0.1, 0.15) is 47.0 Å². The predicted octanol–water partition coefficient (Wildman–Crippen LogP) is 3.03. The average Bonchev–Trinajstić information content (AvgIpc) is 2.69. The van der Waals surface area contributed by atoms with Crippen molar-refractivity contribution in [3.8, 4) is 5.75 Å². The number of carbonyl (C=O) groups is 1. The van der Waals surface area contributed by atoms with Crippen molar-refractivity contribution < 1.29 is 17.9 Å². The smallest absolute Gasteiger partial charge is 0.304 e. The summed E-state index contributed by atoms with van der Waals surface area (Å²) in [5.41, 5.74) is 0.597. The minimum atomic E-state index is -3.71. The zero-order chi connectivity index (χ0) is 21.4. The molecule has 0 unspecified atom stereocenters. The molecule has 164 valence electrons. The van der Waals surface area contributed by atoms with E-state index >= 15 is 0 Å². The molecule has 0 spiro atoms. The lowest BCUT2D eigenvalue weighted by Gasteiger charge is -2.35. The quantitative estimate of drug-likeness (QED) is 0.625. The summed E-state index contributed by atoms with van der Waals surface area (Å²) in [6.07, 6.45) is 2.32. The van der Waals surface area contributed by atoms with E-state index in [4.69, 9.17) is 4.74 Å². The van der Waals surface area contributed by atoms with Crippen molar-refractivity contribution in [3.05, 3.63) is 24.3 Å². The molecule has 1 saturated heterocycles. The monoisotopic (exact) mass is 425 g/mol. The van der Waals surface area contributed by atoms with Crippen LogP contribution in [-0.2, 0) is 15.0 Å². The van der Waals surface area contributed by atoms with Crippen LogP contribution in [0.4, 0.5) is 5.69 Å². The van der Waals surface area contributed by atoms with Gasteiger partial charge in [-0.25, -0.2) is 0 Å². The SMILES string of the molecule is CCOc1ccc(N(CC)S(=O)(=O)N2CCC[C@H](C(=O)NCCC(C)C)C2)cc1. The van der Waals surface area contributed by atoms with Crippen molar-refractivity contribution in [1.29, 1.82) is 0 Å². The molecular formula is C21H35N3O4S. The summed E-state index contributed by atoms with van der Waals surface area (Å²) in [6, 6.07) is 7.06. The molecule has 1 fully saturated rings. The molecule has 1 aromatic carbocycles. The summed E-state index contributed by atoms with van der Waals surface area (Å²) in [4.78, 5) is 12.5. The van der Waals surface area contributed by atoms with Gasteiger partial charge in [-0.15, -0.1) is 0 Å². The van der Waals surface area contributed by atoms with Gasteiger partial charge in [0.15, 0.2) is 0 Å². The zero-order valence-corrected chi connectivity index (χ0v) is 18.9. The molecule has 1 aliphatic heterocycles. The van der Waals surface area contributed by atoms with E-state index in [1.807, 2.05) is 13.8 Å². The summed E-state index contributed by atoms with van der Waals surface area (Å²) in [6.45, 7) is 10.1. The lowest BCUT2D eigenvalue weighted by atomic mass is 9.98. The fraction of sp³-hybridized carbons (Fsp3) is 0.667. The van der Waals surface area contributed by atoms with Gasteiger partial charge in [0.25, 0.3) is 0 Å². The lowest BCUT2D eigenvalue weighted by molar-refractivity contribution is -0.126. The molecule has 0 aromatic heterocycles. The van der Waals surface area contributed by atoms with Gasteiger partial charge in [-0.05, 0) is 63.3 Å². The fourth-order valence-corrected chi connectivity index (χ4v) is 5.21. The minimum absolute atomic E-state index is 0.0466. The molecular weight excluding hydrogens is 390 g/mol. The molecule has 0 radical (unpaired) electrons. The second kappa shape index (κ2) is 10.8. The molecule has 1 atom stereocenters. The number of nitrogens with one attached hydrogen (secondary N) is 1. The lowest BCUT2D eigenvalue weighted by Crippen LogP contribution is -2.50. The van der Waals surface area contributed by atoms with Crippen LogP contribution in [-0.4, -0.2) is 51.4 Å². The summed E-state index contributed by atoms with van der Waals surface area (Å²) >= 11 is 0. The Labute approximate surface area is 175 Å². The maximum atomic E-state index is 13.3. The maximum Gasteiger partial charge on any atom is 0.304 e. The van der Waals surface area contributed by atoms with Crippen LogP contribution in [0, 0.1) is 11.8 Å². The van der Waals surface area contributed by atoms with E-state index in [0.717, 1.165) is 6.42 Å². The first-order valence-corrected chi connectivity index (χ1v) is 12.0. The number of ether oxygens (including phenoxy) is 1. The minimum Gasteiger partial charge on any atom is -0.494 e. The van der Waals surface area contributed by atoms with Crippen LogP contribution >= 0.6 is 0 Å². The van der Waals surface area contributed by atoms with Crippen molar-refractivity contribution in [2.24, 2.45) is 11.8 Å². The second-order valence-electron chi connectivity index (χ2n) is 7.77. The molecule has 0 bridgehead atoms. The number of piperidine rings is 1. The van der Waals surface area contributed by atoms with Gasteiger partial charge in [-0.3, -0.25) is 9.10 Å². The largest absolute Gasteiger partial charge is 0.494 e. The third-order valence-electron chi connectivity index (χ3n) is 5.10. The number of benzene rings is 1. The average molecular weight is 426 g/mol. The highest BCUT2D eigenvalue weighted by atomic mass is 32.2. The normalized spacial score (nSPS) is 17.9. The van der Waals surface area contributed by atoms with Crippen LogP contribution < -0.4 is 14.4 Å². The molecule has 0 aliphatic carbocycles. The molecule has 1 aliphatic rings. The van der Waals surface area contributed by atoms with Gasteiger partial charge in [0.05, 0.1) is 18.2 Å². The molecule has 1 amide bonds. The molecule has 29 heavy (non-hydrogen) atoms. The Morgan fingerprint density at radius 3 is 2.55 bits per heavy atom. The van der Waals surface area contributed by atoms with Crippen LogP contribution in [0.2, 0.25) is 0 Å². The molecule has 0 saturated carbocycles. The zero-order valence-electron chi connectivity index (χ0n) is 18.1. The van der Waals surface area contributed by atoms with Gasteiger partial charge in [0.2, 0.25) is 5.91 Å². The van der Waals surface area contributed by atoms with E-state index in [9.17, 15) is 13.2 Å². The van der Waals surface area contributed by atoms with Crippen LogP contribution in [0.5, 0.6) is 5.75 Å². The second-order valence-corrected chi connectivity index (χ2v) is 9.62. The van der Waals surface area contributed by atoms with E-state index in [1.54, 1.807) is 24.3 Å². The van der Waals surface area contributed by atoms with Crippen molar-refractivity contribution in [2.45, 2.75) is 47.0 Å². The summed E-state index contributed by atoms with van der Waals surface area (Å²) in [5, 5.41) is 2.96. The third kappa shape index (κ3) is 6.34. The summed E-state index contributed by atoms with van der Waals surface area (Å²) in [5.74, 6) is 0.881. The molecule has 1 heterocycles. The van der Waals surface area contributed by atoms with Gasteiger partial charge in [0.1, 0.15) is 5.75 Å². The van der Waals surface area contributed by atoms with Crippen molar-refractivity contribution >= 4 is 21.8 Å². The Kier molecular flexibility index (Phi) is 8.77.